The van der Waals surface area contributed by atoms with Crippen molar-refractivity contribution in [2.45, 2.75) is 6.54 Å². The van der Waals surface area contributed by atoms with Gasteiger partial charge in [-0.1, -0.05) is 24.3 Å². The minimum Gasteiger partial charge on any atom is -0.271 e. The average molecular weight is 200 g/mol. The van der Waals surface area contributed by atoms with Gasteiger partial charge in [-0.15, -0.1) is 0 Å². The van der Waals surface area contributed by atoms with Crippen LogP contribution in [0.2, 0.25) is 0 Å². The smallest absolute Gasteiger partial charge is 0.0885 e. The summed E-state index contributed by atoms with van der Waals surface area (Å²) in [4.78, 5) is 8.25. The summed E-state index contributed by atoms with van der Waals surface area (Å²) in [6.07, 6.45) is 5.09. The van der Waals surface area contributed by atoms with Gasteiger partial charge in [0.15, 0.2) is 0 Å². The van der Waals surface area contributed by atoms with Gasteiger partial charge in [0.25, 0.3) is 0 Å². The number of hydrogen-bond acceptors (Lipinski definition) is 4. The third-order valence-electron chi connectivity index (χ3n) is 2.12. The van der Waals surface area contributed by atoms with Gasteiger partial charge in [0.05, 0.1) is 11.9 Å². The lowest BCUT2D eigenvalue weighted by Crippen LogP contribution is -2.20. The minimum atomic E-state index is 0.667. The Bertz CT molecular complexity index is 410. The molecule has 76 valence electrons. The largest absolute Gasteiger partial charge is 0.271 e. The van der Waals surface area contributed by atoms with E-state index in [-0.39, 0.29) is 0 Å². The van der Waals surface area contributed by atoms with Crippen LogP contribution in [0.4, 0.5) is 0 Å². The second-order valence-electron chi connectivity index (χ2n) is 3.17. The van der Waals surface area contributed by atoms with Crippen LogP contribution in [0.3, 0.4) is 0 Å². The normalized spacial score (nSPS) is 10.2. The molecule has 0 bridgehead atoms. The fourth-order valence-corrected chi connectivity index (χ4v) is 1.36. The Morgan fingerprint density at radius 2 is 1.93 bits per heavy atom. The van der Waals surface area contributed by atoms with Gasteiger partial charge in [-0.2, -0.15) is 0 Å². The molecule has 0 saturated carbocycles. The molecule has 0 aliphatic carbocycles. The van der Waals surface area contributed by atoms with Crippen LogP contribution < -0.4 is 11.3 Å². The van der Waals surface area contributed by atoms with Crippen LogP contribution in [-0.2, 0) is 6.54 Å². The number of hydrogen-bond donors (Lipinski definition) is 2. The number of nitrogens with one attached hydrogen (secondary N) is 1. The molecule has 0 spiro atoms. The summed E-state index contributed by atoms with van der Waals surface area (Å²) in [6, 6.07) is 8.06. The Labute approximate surface area is 88.2 Å². The highest BCUT2D eigenvalue weighted by Gasteiger charge is 1.98. The lowest BCUT2D eigenvalue weighted by molar-refractivity contribution is 0.741. The molecule has 15 heavy (non-hydrogen) atoms. The first-order valence-electron chi connectivity index (χ1n) is 4.69. The second-order valence-corrected chi connectivity index (χ2v) is 3.17. The van der Waals surface area contributed by atoms with Crippen molar-refractivity contribution < 1.29 is 0 Å². The topological polar surface area (TPSA) is 63.8 Å². The molecule has 0 atom stereocenters. The van der Waals surface area contributed by atoms with Gasteiger partial charge in [-0.25, -0.2) is 0 Å². The summed E-state index contributed by atoms with van der Waals surface area (Å²) in [5.41, 5.74) is 5.70. The Morgan fingerprint density at radius 1 is 1.13 bits per heavy atom. The van der Waals surface area contributed by atoms with Gasteiger partial charge in [0.1, 0.15) is 0 Å². The molecule has 0 saturated heterocycles. The van der Waals surface area contributed by atoms with Crippen LogP contribution in [0.5, 0.6) is 0 Å². The van der Waals surface area contributed by atoms with Crippen molar-refractivity contribution in [3.63, 3.8) is 0 Å². The molecule has 3 N–H and O–H groups in total. The molecule has 4 nitrogen and oxygen atoms in total. The molecule has 0 aliphatic rings. The predicted octanol–water partition coefficient (Wildman–Crippen LogP) is 1.11. The number of benzene rings is 1. The van der Waals surface area contributed by atoms with Crippen LogP contribution in [0.25, 0.3) is 11.3 Å². The molecule has 0 unspecified atom stereocenters. The fourth-order valence-electron chi connectivity index (χ4n) is 1.36. The molecule has 0 aliphatic heterocycles. The van der Waals surface area contributed by atoms with Crippen molar-refractivity contribution in [3.05, 3.63) is 48.4 Å². The van der Waals surface area contributed by atoms with Crippen molar-refractivity contribution >= 4 is 0 Å². The number of aromatic nitrogens is 2. The van der Waals surface area contributed by atoms with Gasteiger partial charge < -0.3 is 0 Å². The lowest BCUT2D eigenvalue weighted by Gasteiger charge is -2.02. The maximum Gasteiger partial charge on any atom is 0.0885 e. The van der Waals surface area contributed by atoms with Crippen LogP contribution in [0.1, 0.15) is 5.56 Å². The van der Waals surface area contributed by atoms with Gasteiger partial charge in [0.2, 0.25) is 0 Å². The van der Waals surface area contributed by atoms with Gasteiger partial charge in [-0.3, -0.25) is 21.2 Å². The van der Waals surface area contributed by atoms with Crippen LogP contribution in [0, 0.1) is 0 Å². The van der Waals surface area contributed by atoms with E-state index in [9.17, 15) is 0 Å². The van der Waals surface area contributed by atoms with Gasteiger partial charge in [-0.05, 0) is 5.56 Å². The van der Waals surface area contributed by atoms with E-state index in [1.54, 1.807) is 18.6 Å². The van der Waals surface area contributed by atoms with E-state index < -0.39 is 0 Å². The summed E-state index contributed by atoms with van der Waals surface area (Å²) in [5.74, 6) is 5.24. The van der Waals surface area contributed by atoms with E-state index >= 15 is 0 Å². The number of nitrogens with two attached hydrogens (primary N) is 1. The molecule has 0 radical (unpaired) electrons. The maximum absolute atomic E-state index is 5.24. The van der Waals surface area contributed by atoms with E-state index in [1.807, 2.05) is 24.3 Å². The van der Waals surface area contributed by atoms with Crippen molar-refractivity contribution in [2.75, 3.05) is 0 Å². The Balaban J connectivity index is 2.24. The van der Waals surface area contributed by atoms with Gasteiger partial charge >= 0.3 is 0 Å². The van der Waals surface area contributed by atoms with E-state index in [1.165, 1.54) is 0 Å². The van der Waals surface area contributed by atoms with E-state index in [2.05, 4.69) is 15.4 Å². The lowest BCUT2D eigenvalue weighted by atomic mass is 10.1. The summed E-state index contributed by atoms with van der Waals surface area (Å²) < 4.78 is 0. The highest BCUT2D eigenvalue weighted by molar-refractivity contribution is 5.57. The number of hydrazine groups is 1. The Morgan fingerprint density at radius 3 is 2.53 bits per heavy atom. The maximum atomic E-state index is 5.24. The number of rotatable bonds is 3. The average Bonchev–Trinajstić information content (AvgIpc) is 2.32. The molecular formula is C11H12N4. The van der Waals surface area contributed by atoms with E-state index in [0.29, 0.717) is 6.54 Å². The fraction of sp³-hybridized carbons (Fsp3) is 0.0909. The molecule has 1 aromatic carbocycles. The first-order chi connectivity index (χ1) is 7.40. The highest BCUT2D eigenvalue weighted by Crippen LogP contribution is 2.15. The minimum absolute atomic E-state index is 0.667. The Kier molecular flexibility index (Phi) is 3.02. The molecule has 2 rings (SSSR count). The molecular weight excluding hydrogens is 188 g/mol. The number of nitrogens with zero attached hydrogens (tertiary/aromatic N) is 2. The SMILES string of the molecule is NNCc1ccc(-c2cnccn2)cc1. The summed E-state index contributed by atoms with van der Waals surface area (Å²) in [6.45, 7) is 0.667. The van der Waals surface area contributed by atoms with Crippen molar-refractivity contribution in [1.82, 2.24) is 15.4 Å². The first-order valence-corrected chi connectivity index (χ1v) is 4.69. The summed E-state index contributed by atoms with van der Waals surface area (Å²) in [5, 5.41) is 0. The standard InChI is InChI=1S/C11H12N4/c12-15-7-9-1-3-10(4-2-9)11-8-13-5-6-14-11/h1-6,8,15H,7,12H2. The summed E-state index contributed by atoms with van der Waals surface area (Å²) >= 11 is 0. The first kappa shape index (κ1) is 9.76. The third-order valence-corrected chi connectivity index (χ3v) is 2.12. The van der Waals surface area contributed by atoms with Crippen LogP contribution >= 0.6 is 0 Å². The molecule has 2 aromatic rings. The van der Waals surface area contributed by atoms with Crippen molar-refractivity contribution in [2.24, 2.45) is 5.84 Å². The second kappa shape index (κ2) is 4.63. The third kappa shape index (κ3) is 2.37. The monoisotopic (exact) mass is 200 g/mol. The predicted molar refractivity (Wildman–Crippen MR) is 58.5 cm³/mol. The van der Waals surface area contributed by atoms with Crippen LogP contribution in [0.15, 0.2) is 42.9 Å². The zero-order chi connectivity index (χ0) is 10.5. The molecule has 0 fully saturated rings. The molecule has 0 amide bonds. The molecule has 1 aromatic heterocycles. The van der Waals surface area contributed by atoms with E-state index in [4.69, 9.17) is 5.84 Å². The van der Waals surface area contributed by atoms with E-state index in [0.717, 1.165) is 16.8 Å². The quantitative estimate of drug-likeness (QED) is 0.575. The summed E-state index contributed by atoms with van der Waals surface area (Å²) in [7, 11) is 0. The molecule has 1 heterocycles. The Hall–Kier alpha value is -1.78. The van der Waals surface area contributed by atoms with Gasteiger partial charge in [0, 0.05) is 24.5 Å². The molecule has 4 heteroatoms. The zero-order valence-corrected chi connectivity index (χ0v) is 8.22. The highest BCUT2D eigenvalue weighted by atomic mass is 15.2. The van der Waals surface area contributed by atoms with Crippen LogP contribution in [-0.4, -0.2) is 9.97 Å². The van der Waals surface area contributed by atoms with Crippen molar-refractivity contribution in [1.29, 1.82) is 0 Å². The zero-order valence-electron chi connectivity index (χ0n) is 8.22. The van der Waals surface area contributed by atoms with Crippen molar-refractivity contribution in [3.8, 4) is 11.3 Å².